The lowest BCUT2D eigenvalue weighted by Crippen LogP contribution is -2.38. The third-order valence-electron chi connectivity index (χ3n) is 6.71. The molecule has 1 fully saturated rings. The number of amides is 2. The highest BCUT2D eigenvalue weighted by Gasteiger charge is 2.25. The van der Waals surface area contributed by atoms with E-state index in [0.29, 0.717) is 30.3 Å². The summed E-state index contributed by atoms with van der Waals surface area (Å²) in [4.78, 5) is 27.1. The predicted octanol–water partition coefficient (Wildman–Crippen LogP) is 5.78. The summed E-state index contributed by atoms with van der Waals surface area (Å²) in [5.41, 5.74) is 4.38. The largest absolute Gasteiger partial charge is 0.354 e. The van der Waals surface area contributed by atoms with Gasteiger partial charge < -0.3 is 15.1 Å². The van der Waals surface area contributed by atoms with Crippen LogP contribution >= 0.6 is 11.6 Å². The Labute approximate surface area is 222 Å². The third-order valence-corrected chi connectivity index (χ3v) is 7.12. The van der Waals surface area contributed by atoms with Crippen LogP contribution in [0.25, 0.3) is 16.7 Å². The van der Waals surface area contributed by atoms with Gasteiger partial charge in [-0.1, -0.05) is 42.8 Å². The molecule has 2 amide bonds. The second-order valence-corrected chi connectivity index (χ2v) is 9.87. The van der Waals surface area contributed by atoms with Crippen molar-refractivity contribution in [2.45, 2.75) is 40.0 Å². The van der Waals surface area contributed by atoms with Crippen LogP contribution in [0, 0.1) is 13.8 Å². The number of benzene rings is 2. The first-order valence-corrected chi connectivity index (χ1v) is 13.2. The van der Waals surface area contributed by atoms with E-state index in [-0.39, 0.29) is 6.03 Å². The van der Waals surface area contributed by atoms with Crippen molar-refractivity contribution in [1.29, 1.82) is 0 Å². The Morgan fingerprint density at radius 2 is 1.84 bits per heavy atom. The number of nitrogens with one attached hydrogen (secondary N) is 1. The van der Waals surface area contributed by atoms with Crippen LogP contribution in [0.1, 0.15) is 36.8 Å². The smallest absolute Gasteiger partial charge is 0.321 e. The van der Waals surface area contributed by atoms with Crippen molar-refractivity contribution < 1.29 is 4.79 Å². The summed E-state index contributed by atoms with van der Waals surface area (Å²) in [5.74, 6) is 1.72. The summed E-state index contributed by atoms with van der Waals surface area (Å²) in [5, 5.41) is 9.45. The van der Waals surface area contributed by atoms with Gasteiger partial charge in [0, 0.05) is 43.3 Å². The fourth-order valence-corrected chi connectivity index (χ4v) is 4.91. The average molecular weight is 518 g/mol. The molecule has 2 aromatic carbocycles. The summed E-state index contributed by atoms with van der Waals surface area (Å²) in [6.45, 7) is 8.82. The lowest BCUT2D eigenvalue weighted by molar-refractivity contribution is 0.215. The zero-order valence-electron chi connectivity index (χ0n) is 21.5. The highest BCUT2D eigenvalue weighted by molar-refractivity contribution is 6.31. The first kappa shape index (κ1) is 25.0. The predicted molar refractivity (Wildman–Crippen MR) is 149 cm³/mol. The Morgan fingerprint density at radius 1 is 1.03 bits per heavy atom. The Bertz CT molecular complexity index is 1420. The molecule has 9 heteroatoms. The van der Waals surface area contributed by atoms with Crippen LogP contribution in [0.5, 0.6) is 0 Å². The standard InChI is InChI=1S/C28H32ClN7O/c1-4-9-24-31-26(25-20(3)33-36(27(25)32-24)22-10-6-5-7-11-22)34-14-8-15-35(17-16-34)28(37)30-21-13-12-19(2)23(29)18-21/h5-7,10-13,18H,4,8-9,14-17H2,1-3H3,(H,30,37). The zero-order valence-corrected chi connectivity index (χ0v) is 22.3. The van der Waals surface area contributed by atoms with E-state index in [1.807, 2.05) is 65.9 Å². The number of aryl methyl sites for hydroxylation is 3. The van der Waals surface area contributed by atoms with Crippen molar-refractivity contribution >= 4 is 40.2 Å². The van der Waals surface area contributed by atoms with E-state index in [1.54, 1.807) is 6.07 Å². The summed E-state index contributed by atoms with van der Waals surface area (Å²) >= 11 is 6.24. The van der Waals surface area contributed by atoms with Crippen molar-refractivity contribution in [3.63, 3.8) is 0 Å². The first-order valence-electron chi connectivity index (χ1n) is 12.8. The molecule has 3 heterocycles. The highest BCUT2D eigenvalue weighted by Crippen LogP contribution is 2.30. The van der Waals surface area contributed by atoms with Crippen molar-refractivity contribution in [3.8, 4) is 5.69 Å². The topological polar surface area (TPSA) is 79.2 Å². The van der Waals surface area contributed by atoms with Gasteiger partial charge in [-0.05, 0) is 56.5 Å². The number of para-hydroxylation sites is 1. The molecule has 0 saturated carbocycles. The van der Waals surface area contributed by atoms with Gasteiger partial charge in [-0.15, -0.1) is 0 Å². The molecule has 1 N–H and O–H groups in total. The molecule has 2 aromatic heterocycles. The maximum absolute atomic E-state index is 13.0. The van der Waals surface area contributed by atoms with Gasteiger partial charge in [0.2, 0.25) is 0 Å². The van der Waals surface area contributed by atoms with E-state index in [4.69, 9.17) is 26.7 Å². The minimum absolute atomic E-state index is 0.116. The van der Waals surface area contributed by atoms with Gasteiger partial charge >= 0.3 is 6.03 Å². The Kier molecular flexibility index (Phi) is 7.28. The van der Waals surface area contributed by atoms with E-state index in [2.05, 4.69) is 17.1 Å². The zero-order chi connectivity index (χ0) is 25.9. The van der Waals surface area contributed by atoms with Crippen molar-refractivity contribution in [1.82, 2.24) is 24.6 Å². The van der Waals surface area contributed by atoms with Gasteiger partial charge in [0.15, 0.2) is 5.65 Å². The molecule has 8 nitrogen and oxygen atoms in total. The number of fused-ring (bicyclic) bond motifs is 1. The van der Waals surface area contributed by atoms with Gasteiger partial charge in [-0.2, -0.15) is 5.10 Å². The molecule has 4 aromatic rings. The molecule has 5 rings (SSSR count). The number of urea groups is 1. The highest BCUT2D eigenvalue weighted by atomic mass is 35.5. The maximum Gasteiger partial charge on any atom is 0.321 e. The van der Waals surface area contributed by atoms with E-state index in [0.717, 1.165) is 65.4 Å². The van der Waals surface area contributed by atoms with E-state index < -0.39 is 0 Å². The third kappa shape index (κ3) is 5.25. The molecule has 0 aliphatic carbocycles. The van der Waals surface area contributed by atoms with Crippen LogP contribution in [0.2, 0.25) is 5.02 Å². The summed E-state index contributed by atoms with van der Waals surface area (Å²) in [6.07, 6.45) is 2.59. The molecule has 0 radical (unpaired) electrons. The Hall–Kier alpha value is -3.65. The summed E-state index contributed by atoms with van der Waals surface area (Å²) < 4.78 is 1.92. The van der Waals surface area contributed by atoms with Crippen LogP contribution in [0.15, 0.2) is 48.5 Å². The number of nitrogens with zero attached hydrogens (tertiary/aromatic N) is 6. The van der Waals surface area contributed by atoms with Crippen molar-refractivity contribution in [2.75, 3.05) is 36.4 Å². The fourth-order valence-electron chi connectivity index (χ4n) is 4.72. The SMILES string of the molecule is CCCc1nc(N2CCCN(C(=O)Nc3ccc(C)c(Cl)c3)CC2)c2c(C)nn(-c3ccccc3)c2n1. The van der Waals surface area contributed by atoms with Gasteiger partial charge in [0.05, 0.1) is 16.8 Å². The maximum atomic E-state index is 13.0. The molecule has 1 saturated heterocycles. The Morgan fingerprint density at radius 3 is 2.59 bits per heavy atom. The number of carbonyl (C=O) groups excluding carboxylic acids is 1. The normalized spacial score (nSPS) is 14.2. The van der Waals surface area contributed by atoms with E-state index in [9.17, 15) is 4.79 Å². The van der Waals surface area contributed by atoms with E-state index in [1.165, 1.54) is 0 Å². The molecule has 0 unspecified atom stereocenters. The van der Waals surface area contributed by atoms with Gasteiger partial charge in [0.1, 0.15) is 11.6 Å². The molecule has 1 aliphatic rings. The molecule has 0 bridgehead atoms. The lowest BCUT2D eigenvalue weighted by Gasteiger charge is -2.24. The van der Waals surface area contributed by atoms with Gasteiger partial charge in [-0.25, -0.2) is 19.4 Å². The average Bonchev–Trinajstić information content (AvgIpc) is 3.06. The number of hydrogen-bond acceptors (Lipinski definition) is 5. The Balaban J connectivity index is 1.42. The minimum atomic E-state index is -0.116. The number of anilines is 2. The number of rotatable bonds is 5. The molecule has 1 aliphatic heterocycles. The molecule has 192 valence electrons. The number of aromatic nitrogens is 4. The number of halogens is 1. The van der Waals surface area contributed by atoms with Crippen molar-refractivity contribution in [3.05, 3.63) is 70.6 Å². The van der Waals surface area contributed by atoms with Crippen LogP contribution in [0.4, 0.5) is 16.3 Å². The number of carbonyl (C=O) groups is 1. The van der Waals surface area contributed by atoms with Crippen LogP contribution in [-0.4, -0.2) is 56.9 Å². The minimum Gasteiger partial charge on any atom is -0.354 e. The fraction of sp³-hybridized carbons (Fsp3) is 0.357. The second-order valence-electron chi connectivity index (χ2n) is 9.47. The van der Waals surface area contributed by atoms with Crippen LogP contribution in [0.3, 0.4) is 0 Å². The van der Waals surface area contributed by atoms with Gasteiger partial charge in [-0.3, -0.25) is 0 Å². The van der Waals surface area contributed by atoms with Gasteiger partial charge in [0.25, 0.3) is 0 Å². The van der Waals surface area contributed by atoms with Crippen LogP contribution in [-0.2, 0) is 6.42 Å². The summed E-state index contributed by atoms with van der Waals surface area (Å²) in [7, 11) is 0. The molecular weight excluding hydrogens is 486 g/mol. The quantitative estimate of drug-likeness (QED) is 0.363. The molecule has 0 atom stereocenters. The molecule has 37 heavy (non-hydrogen) atoms. The monoisotopic (exact) mass is 517 g/mol. The molecular formula is C28H32ClN7O. The van der Waals surface area contributed by atoms with E-state index >= 15 is 0 Å². The second kappa shape index (κ2) is 10.8. The first-order chi connectivity index (χ1) is 17.9. The van der Waals surface area contributed by atoms with Crippen molar-refractivity contribution in [2.24, 2.45) is 0 Å². The lowest BCUT2D eigenvalue weighted by atomic mass is 10.2. The number of hydrogen-bond donors (Lipinski definition) is 1. The molecule has 0 spiro atoms. The summed E-state index contributed by atoms with van der Waals surface area (Å²) in [6, 6.07) is 15.6. The van der Waals surface area contributed by atoms with Crippen LogP contribution < -0.4 is 10.2 Å².